The number of carbonyl (C=O) groups excluding carboxylic acids is 2. The minimum absolute atomic E-state index is 0.0201. The molecule has 0 aliphatic heterocycles. The molecule has 1 aliphatic rings. The Morgan fingerprint density at radius 3 is 1.81 bits per heavy atom. The van der Waals surface area contributed by atoms with Gasteiger partial charge in [0.2, 0.25) is 0 Å². The van der Waals surface area contributed by atoms with Crippen LogP contribution < -0.4 is 21.8 Å². The third kappa shape index (κ3) is 9.65. The lowest BCUT2D eigenvalue weighted by Gasteiger charge is -2.16. The van der Waals surface area contributed by atoms with Gasteiger partial charge in [0.05, 0.1) is 47.3 Å². The van der Waals surface area contributed by atoms with Crippen LogP contribution in [0.1, 0.15) is 53.0 Å². The first kappa shape index (κ1) is 40.1. The maximum Gasteiger partial charge on any atom is 0.291 e. The number of halogens is 2. The molecule has 0 bridgehead atoms. The van der Waals surface area contributed by atoms with Gasteiger partial charge in [0.25, 0.3) is 11.1 Å². The Labute approximate surface area is 336 Å². The molecule has 14 nitrogen and oxygen atoms in total. The standard InChI is InChI=1S/C21H18Cl2N4O2.C20H17N5O3/c1-12(28)18-19(17-4-2-3-7-24-17)26-27(11-13-5-6-13)21(29)20(18)25-16-9-14(22)8-15(23)10-16;1-13(27)17-18(16-7-2-3-8-22-16)24-25(9-10-26)20(28)19(17)23-15-6-4-5-14(11-15)12-21/h2-4,7-10,13,25H,5-6,11H2,1H3;2-8,11,23,26H,9-10H2,1H3. The van der Waals surface area contributed by atoms with Crippen LogP contribution in [0.3, 0.4) is 0 Å². The lowest BCUT2D eigenvalue weighted by molar-refractivity contribution is 0.101. The SMILES string of the molecule is CC(=O)c1c(-c2ccccn2)nn(CC2CC2)c(=O)c1Nc1cc(Cl)cc(Cl)c1.CC(=O)c1c(-c2ccccn2)nn(CCO)c(=O)c1Nc1cccc(C#N)c1. The molecule has 4 heterocycles. The Kier molecular flexibility index (Phi) is 12.6. The molecule has 6 aromatic rings. The summed E-state index contributed by atoms with van der Waals surface area (Å²) >= 11 is 12.2. The monoisotopic (exact) mass is 803 g/mol. The van der Waals surface area contributed by atoms with Gasteiger partial charge < -0.3 is 15.7 Å². The molecule has 0 spiro atoms. The Morgan fingerprint density at radius 1 is 0.772 bits per heavy atom. The van der Waals surface area contributed by atoms with Crippen LogP contribution in [0.25, 0.3) is 22.8 Å². The number of pyridine rings is 2. The highest BCUT2D eigenvalue weighted by Gasteiger charge is 2.28. The number of benzene rings is 2. The fourth-order valence-electron chi connectivity index (χ4n) is 5.92. The highest BCUT2D eigenvalue weighted by Crippen LogP contribution is 2.33. The average Bonchev–Trinajstić information content (AvgIpc) is 4.02. The van der Waals surface area contributed by atoms with E-state index in [1.54, 1.807) is 85.2 Å². The van der Waals surface area contributed by atoms with Crippen molar-refractivity contribution < 1.29 is 14.7 Å². The zero-order valence-electron chi connectivity index (χ0n) is 30.7. The van der Waals surface area contributed by atoms with E-state index in [1.165, 1.54) is 18.5 Å². The van der Waals surface area contributed by atoms with E-state index in [0.29, 0.717) is 56.5 Å². The number of Topliss-reactive ketones (excluding diaryl/α,β-unsaturated/α-hetero) is 2. The molecule has 0 atom stereocenters. The number of aromatic nitrogens is 6. The summed E-state index contributed by atoms with van der Waals surface area (Å²) < 4.78 is 2.51. The highest BCUT2D eigenvalue weighted by molar-refractivity contribution is 6.35. The van der Waals surface area contributed by atoms with Crippen molar-refractivity contribution in [2.45, 2.75) is 39.8 Å². The van der Waals surface area contributed by atoms with E-state index >= 15 is 0 Å². The largest absolute Gasteiger partial charge is 0.394 e. The predicted molar refractivity (Wildman–Crippen MR) is 217 cm³/mol. The van der Waals surface area contributed by atoms with Crippen molar-refractivity contribution in [3.8, 4) is 28.8 Å². The van der Waals surface area contributed by atoms with Crippen LogP contribution in [0.2, 0.25) is 10.0 Å². The number of ketones is 2. The maximum absolute atomic E-state index is 13.2. The van der Waals surface area contributed by atoms with Crippen molar-refractivity contribution in [3.63, 3.8) is 0 Å². The van der Waals surface area contributed by atoms with Crippen LogP contribution in [0, 0.1) is 17.2 Å². The topological polar surface area (TPSA) is 198 Å². The number of hydrogen-bond acceptors (Lipinski definition) is 12. The van der Waals surface area contributed by atoms with Gasteiger partial charge in [-0.2, -0.15) is 15.5 Å². The third-order valence-electron chi connectivity index (χ3n) is 8.66. The van der Waals surface area contributed by atoms with Crippen LogP contribution >= 0.6 is 23.2 Å². The zero-order chi connectivity index (χ0) is 40.6. The van der Waals surface area contributed by atoms with Crippen LogP contribution in [-0.4, -0.2) is 52.8 Å². The van der Waals surface area contributed by atoms with E-state index in [4.69, 9.17) is 28.5 Å². The molecule has 0 radical (unpaired) electrons. The molecule has 2 aromatic carbocycles. The minimum Gasteiger partial charge on any atom is -0.394 e. The summed E-state index contributed by atoms with van der Waals surface area (Å²) in [5, 5.41) is 34.0. The lowest BCUT2D eigenvalue weighted by Crippen LogP contribution is -2.29. The van der Waals surface area contributed by atoms with E-state index in [-0.39, 0.29) is 58.5 Å². The minimum atomic E-state index is -0.554. The molecule has 1 fully saturated rings. The molecule has 0 unspecified atom stereocenters. The maximum atomic E-state index is 13.2. The Hall–Kier alpha value is -6.53. The molecular weight excluding hydrogens is 769 g/mol. The van der Waals surface area contributed by atoms with E-state index in [1.807, 2.05) is 12.1 Å². The quantitative estimate of drug-likeness (QED) is 0.106. The molecule has 288 valence electrons. The number of nitrogens with one attached hydrogen (secondary N) is 2. The van der Waals surface area contributed by atoms with Crippen molar-refractivity contribution in [1.29, 1.82) is 5.26 Å². The smallest absolute Gasteiger partial charge is 0.291 e. The van der Waals surface area contributed by atoms with Crippen molar-refractivity contribution in [3.05, 3.63) is 139 Å². The van der Waals surface area contributed by atoms with Gasteiger partial charge in [-0.3, -0.25) is 29.1 Å². The van der Waals surface area contributed by atoms with Gasteiger partial charge in [-0.15, -0.1) is 0 Å². The Balaban J connectivity index is 0.000000193. The van der Waals surface area contributed by atoms with Gasteiger partial charge in [0, 0.05) is 40.4 Å². The second kappa shape index (κ2) is 17.9. The van der Waals surface area contributed by atoms with E-state index in [9.17, 15) is 24.3 Å². The van der Waals surface area contributed by atoms with Crippen molar-refractivity contribution in [2.75, 3.05) is 17.2 Å². The van der Waals surface area contributed by atoms with Crippen molar-refractivity contribution in [1.82, 2.24) is 29.5 Å². The summed E-state index contributed by atoms with van der Waals surface area (Å²) in [7, 11) is 0. The average molecular weight is 805 g/mol. The Morgan fingerprint density at radius 2 is 1.32 bits per heavy atom. The zero-order valence-corrected chi connectivity index (χ0v) is 32.3. The molecule has 7 rings (SSSR count). The molecule has 0 saturated heterocycles. The number of nitriles is 1. The van der Waals surface area contributed by atoms with Gasteiger partial charge >= 0.3 is 0 Å². The Bertz CT molecular complexity index is 2600. The molecule has 57 heavy (non-hydrogen) atoms. The summed E-state index contributed by atoms with van der Waals surface area (Å²) in [6.45, 7) is 2.92. The van der Waals surface area contributed by atoms with E-state index < -0.39 is 5.56 Å². The summed E-state index contributed by atoms with van der Waals surface area (Å²) in [6, 6.07) is 24.0. The number of nitrogens with zero attached hydrogens (tertiary/aromatic N) is 7. The molecule has 1 saturated carbocycles. The first-order valence-electron chi connectivity index (χ1n) is 17.7. The van der Waals surface area contributed by atoms with Crippen LogP contribution in [0.15, 0.2) is 101 Å². The summed E-state index contributed by atoms with van der Waals surface area (Å²) in [6.07, 6.45) is 5.31. The second-order valence-corrected chi connectivity index (χ2v) is 13.9. The van der Waals surface area contributed by atoms with Gasteiger partial charge in [-0.05, 0) is 93.3 Å². The van der Waals surface area contributed by atoms with Gasteiger partial charge in [-0.25, -0.2) is 9.36 Å². The number of anilines is 4. The van der Waals surface area contributed by atoms with Crippen LogP contribution in [-0.2, 0) is 13.1 Å². The molecule has 4 aromatic heterocycles. The lowest BCUT2D eigenvalue weighted by atomic mass is 10.1. The number of aliphatic hydroxyl groups excluding tert-OH is 1. The number of carbonyl (C=O) groups is 2. The first-order valence-corrected chi connectivity index (χ1v) is 18.5. The van der Waals surface area contributed by atoms with E-state index in [0.717, 1.165) is 17.5 Å². The van der Waals surface area contributed by atoms with Gasteiger partial charge in [0.15, 0.2) is 11.6 Å². The fourth-order valence-corrected chi connectivity index (χ4v) is 6.44. The number of hydrogen-bond donors (Lipinski definition) is 3. The highest BCUT2D eigenvalue weighted by atomic mass is 35.5. The number of rotatable bonds is 12. The normalized spacial score (nSPS) is 11.9. The molecule has 0 amide bonds. The van der Waals surface area contributed by atoms with E-state index in [2.05, 4.69) is 30.8 Å². The molecule has 1 aliphatic carbocycles. The van der Waals surface area contributed by atoms with Crippen molar-refractivity contribution >= 4 is 57.5 Å². The second-order valence-electron chi connectivity index (χ2n) is 13.0. The molecule has 3 N–H and O–H groups in total. The fraction of sp³-hybridized carbons (Fsp3) is 0.195. The summed E-state index contributed by atoms with van der Waals surface area (Å²) in [4.78, 5) is 59.7. The molecular formula is C41H35Cl2N9O5. The summed E-state index contributed by atoms with van der Waals surface area (Å²) in [5.74, 6) is -0.224. The number of aliphatic hydroxyl groups is 1. The first-order chi connectivity index (χ1) is 27.5. The summed E-state index contributed by atoms with van der Waals surface area (Å²) in [5.41, 5.74) is 2.49. The van der Waals surface area contributed by atoms with Gasteiger partial charge in [-0.1, -0.05) is 41.4 Å². The van der Waals surface area contributed by atoms with Crippen LogP contribution in [0.5, 0.6) is 0 Å². The van der Waals surface area contributed by atoms with Crippen molar-refractivity contribution in [2.24, 2.45) is 5.92 Å². The molecule has 16 heteroatoms. The van der Waals surface area contributed by atoms with Crippen LogP contribution in [0.4, 0.5) is 22.7 Å². The third-order valence-corrected chi connectivity index (χ3v) is 9.10. The van der Waals surface area contributed by atoms with Gasteiger partial charge in [0.1, 0.15) is 22.8 Å². The predicted octanol–water partition coefficient (Wildman–Crippen LogP) is 7.08.